The van der Waals surface area contributed by atoms with E-state index in [-0.39, 0.29) is 60.6 Å². The van der Waals surface area contributed by atoms with Gasteiger partial charge in [-0.1, -0.05) is 47.7 Å². The number of amides is 2. The van der Waals surface area contributed by atoms with E-state index < -0.39 is 17.0 Å². The zero-order valence-corrected chi connectivity index (χ0v) is 27.1. The molecule has 0 saturated carbocycles. The predicted octanol–water partition coefficient (Wildman–Crippen LogP) is 4.90. The van der Waals surface area contributed by atoms with Crippen molar-refractivity contribution in [2.24, 2.45) is 7.05 Å². The third-order valence-corrected chi connectivity index (χ3v) is 7.94. The summed E-state index contributed by atoms with van der Waals surface area (Å²) >= 11 is 0. The van der Waals surface area contributed by atoms with Gasteiger partial charge < -0.3 is 24.4 Å². The van der Waals surface area contributed by atoms with E-state index in [0.29, 0.717) is 24.3 Å². The summed E-state index contributed by atoms with van der Waals surface area (Å²) in [5.74, 6) is -0.654. The van der Waals surface area contributed by atoms with Crippen molar-refractivity contribution in [2.45, 2.75) is 45.8 Å². The number of anilines is 1. The molecule has 3 aromatic carbocycles. The number of carbonyl (C=O) groups excluding carboxylic acids is 3. The lowest BCUT2D eigenvalue weighted by atomic mass is 9.95. The Kier molecular flexibility index (Phi) is 10.3. The monoisotopic (exact) mass is 656 g/mol. The van der Waals surface area contributed by atoms with E-state index in [1.54, 1.807) is 9.58 Å². The number of nitrogens with one attached hydrogen (secondary N) is 1. The molecule has 0 bridgehead atoms. The molecule has 5 rings (SSSR count). The number of para-hydroxylation sites is 1. The van der Waals surface area contributed by atoms with E-state index in [9.17, 15) is 24.5 Å². The highest BCUT2D eigenvalue weighted by Gasteiger charge is 2.29. The Labute approximate surface area is 276 Å². The summed E-state index contributed by atoms with van der Waals surface area (Å²) in [6.45, 7) is 3.30. The molecular formula is C34H36N6O8. The number of nitro groups is 1. The van der Waals surface area contributed by atoms with Crippen LogP contribution in [0, 0.1) is 10.1 Å². The maximum Gasteiger partial charge on any atom is 0.303 e. The summed E-state index contributed by atoms with van der Waals surface area (Å²) in [5.41, 5.74) is 4.85. The van der Waals surface area contributed by atoms with Gasteiger partial charge in [0.1, 0.15) is 11.8 Å². The lowest BCUT2D eigenvalue weighted by Gasteiger charge is -2.28. The van der Waals surface area contributed by atoms with Gasteiger partial charge in [0, 0.05) is 44.5 Å². The lowest BCUT2D eigenvalue weighted by molar-refractivity contribution is -0.386. The van der Waals surface area contributed by atoms with Crippen molar-refractivity contribution in [2.75, 3.05) is 25.2 Å². The van der Waals surface area contributed by atoms with E-state index in [1.165, 1.54) is 33.1 Å². The number of carbonyl (C=O) groups is 3. The fourth-order valence-electron chi connectivity index (χ4n) is 5.70. The molecule has 1 atom stereocenters. The first kappa shape index (κ1) is 33.6. The zero-order chi connectivity index (χ0) is 34.4. The average Bonchev–Trinajstić information content (AvgIpc) is 3.44. The van der Waals surface area contributed by atoms with Crippen LogP contribution < -0.4 is 19.7 Å². The molecule has 1 aromatic heterocycles. The van der Waals surface area contributed by atoms with E-state index in [4.69, 9.17) is 14.2 Å². The fourth-order valence-corrected chi connectivity index (χ4v) is 5.70. The Hall–Kier alpha value is -5.79. The van der Waals surface area contributed by atoms with Gasteiger partial charge in [0.25, 0.3) is 5.69 Å². The second-order valence-corrected chi connectivity index (χ2v) is 11.2. The van der Waals surface area contributed by atoms with Gasteiger partial charge in [-0.2, -0.15) is 0 Å². The highest BCUT2D eigenvalue weighted by atomic mass is 16.6. The Balaban J connectivity index is 1.18. The summed E-state index contributed by atoms with van der Waals surface area (Å²) in [6, 6.07) is 18.1. The number of methoxy groups -OCH3 is 1. The minimum Gasteiger partial charge on any atom is -0.493 e. The van der Waals surface area contributed by atoms with Crippen LogP contribution in [-0.2, 0) is 32.7 Å². The van der Waals surface area contributed by atoms with Gasteiger partial charge in [-0.25, -0.2) is 4.68 Å². The second-order valence-electron chi connectivity index (χ2n) is 11.2. The van der Waals surface area contributed by atoms with Crippen molar-refractivity contribution in [1.29, 1.82) is 0 Å². The molecule has 1 aliphatic heterocycles. The predicted molar refractivity (Wildman–Crippen MR) is 175 cm³/mol. The van der Waals surface area contributed by atoms with Crippen molar-refractivity contribution in [1.82, 2.24) is 20.3 Å². The first-order chi connectivity index (χ1) is 23.1. The molecule has 0 aliphatic carbocycles. The van der Waals surface area contributed by atoms with Crippen molar-refractivity contribution in [3.05, 3.63) is 81.9 Å². The molecule has 4 aromatic rings. The number of aryl methyl sites for hydroxylation is 1. The third kappa shape index (κ3) is 7.27. The lowest BCUT2D eigenvalue weighted by Crippen LogP contribution is -2.35. The number of ether oxygens (including phenoxy) is 3. The van der Waals surface area contributed by atoms with Gasteiger partial charge >= 0.3 is 5.97 Å². The normalized spacial score (nSPS) is 12.4. The van der Waals surface area contributed by atoms with Crippen LogP contribution in [0.2, 0.25) is 0 Å². The number of esters is 1. The van der Waals surface area contributed by atoms with E-state index >= 15 is 0 Å². The highest BCUT2D eigenvalue weighted by Crippen LogP contribution is 2.41. The maximum absolute atomic E-state index is 13.6. The Morgan fingerprint density at radius 1 is 1.04 bits per heavy atom. The molecule has 1 aliphatic rings. The van der Waals surface area contributed by atoms with Crippen molar-refractivity contribution >= 4 is 29.2 Å². The summed E-state index contributed by atoms with van der Waals surface area (Å²) in [6.07, 6.45) is -0.388. The van der Waals surface area contributed by atoms with Crippen LogP contribution in [0.5, 0.6) is 11.5 Å². The third-order valence-electron chi connectivity index (χ3n) is 7.94. The molecule has 250 valence electrons. The summed E-state index contributed by atoms with van der Waals surface area (Å²) in [5, 5.41) is 23.2. The minimum atomic E-state index is -0.873. The van der Waals surface area contributed by atoms with Crippen molar-refractivity contribution < 1.29 is 33.5 Å². The molecule has 0 saturated heterocycles. The smallest absolute Gasteiger partial charge is 0.303 e. The fraction of sp³-hybridized carbons (Fsp3) is 0.324. The van der Waals surface area contributed by atoms with E-state index in [2.05, 4.69) is 15.6 Å². The number of hydrogen-bond donors (Lipinski definition) is 1. The van der Waals surface area contributed by atoms with Gasteiger partial charge in [-0.15, -0.1) is 5.10 Å². The molecule has 14 heteroatoms. The van der Waals surface area contributed by atoms with Gasteiger partial charge in [-0.05, 0) is 31.0 Å². The molecule has 0 radical (unpaired) electrons. The molecular weight excluding hydrogens is 620 g/mol. The Bertz CT molecular complexity index is 1860. The highest BCUT2D eigenvalue weighted by molar-refractivity contribution is 6.00. The van der Waals surface area contributed by atoms with Gasteiger partial charge in [0.05, 0.1) is 48.2 Å². The van der Waals surface area contributed by atoms with E-state index in [0.717, 1.165) is 22.4 Å². The summed E-state index contributed by atoms with van der Waals surface area (Å²) in [7, 11) is 3.24. The largest absolute Gasteiger partial charge is 0.493 e. The molecule has 0 spiro atoms. The van der Waals surface area contributed by atoms with Crippen LogP contribution in [0.3, 0.4) is 0 Å². The molecule has 2 amide bonds. The quantitative estimate of drug-likeness (QED) is 0.0958. The van der Waals surface area contributed by atoms with Gasteiger partial charge in [0.15, 0.2) is 11.5 Å². The number of benzene rings is 3. The van der Waals surface area contributed by atoms with Crippen LogP contribution in [-0.4, -0.2) is 58.0 Å². The number of fused-ring (bicyclic) bond motifs is 5. The Morgan fingerprint density at radius 2 is 1.77 bits per heavy atom. The van der Waals surface area contributed by atoms with Crippen molar-refractivity contribution in [3.8, 4) is 34.0 Å². The van der Waals surface area contributed by atoms with Gasteiger partial charge in [-0.3, -0.25) is 24.5 Å². The molecule has 2 heterocycles. The molecule has 48 heavy (non-hydrogen) atoms. The minimum absolute atomic E-state index is 0.0745. The average molecular weight is 657 g/mol. The van der Waals surface area contributed by atoms with Crippen molar-refractivity contribution in [3.63, 3.8) is 0 Å². The second kappa shape index (κ2) is 14.8. The standard InChI is InChI=1S/C34H36N6O8/c1-21(48-22(2)41)26-18-29(46-4)30(19-28(26)40(44)45)47-17-9-14-31(42)35-16-15-32(43)39-20-23-10-5-6-11-24(23)34-33(36-37-38(34)3)25-12-7-8-13-27(25)39/h5-8,10-13,18-19,21H,9,14-17,20H2,1-4H3,(H,35,42). The van der Waals surface area contributed by atoms with E-state index in [1.807, 2.05) is 55.6 Å². The summed E-state index contributed by atoms with van der Waals surface area (Å²) < 4.78 is 17.9. The molecule has 0 fully saturated rings. The molecule has 1 unspecified atom stereocenters. The maximum atomic E-state index is 13.6. The number of aromatic nitrogens is 3. The van der Waals surface area contributed by atoms with Gasteiger partial charge in [0.2, 0.25) is 11.8 Å². The van der Waals surface area contributed by atoms with Crippen LogP contribution >= 0.6 is 0 Å². The first-order valence-corrected chi connectivity index (χ1v) is 15.4. The number of nitrogens with zero attached hydrogens (tertiary/aromatic N) is 5. The zero-order valence-electron chi connectivity index (χ0n) is 27.1. The Morgan fingerprint density at radius 3 is 2.50 bits per heavy atom. The number of hydrogen-bond acceptors (Lipinski definition) is 10. The SMILES string of the molecule is COc1cc(C(C)OC(C)=O)c([N+](=O)[O-])cc1OCCCC(=O)NCCC(=O)N1Cc2ccccc2-c2c(nnn2C)-c2ccccc21. The molecule has 14 nitrogen and oxygen atoms in total. The topological polar surface area (TPSA) is 168 Å². The van der Waals surface area contributed by atoms with Crippen LogP contribution in [0.15, 0.2) is 60.7 Å². The van der Waals surface area contributed by atoms with Crippen LogP contribution in [0.25, 0.3) is 22.5 Å². The van der Waals surface area contributed by atoms with Crippen LogP contribution in [0.1, 0.15) is 50.3 Å². The number of rotatable bonds is 12. The number of nitro benzene ring substituents is 1. The van der Waals surface area contributed by atoms with Crippen LogP contribution in [0.4, 0.5) is 11.4 Å². The molecule has 1 N–H and O–H groups in total. The first-order valence-electron chi connectivity index (χ1n) is 15.4. The summed E-state index contributed by atoms with van der Waals surface area (Å²) in [4.78, 5) is 50.5.